The highest BCUT2D eigenvalue weighted by Gasteiger charge is 2.72. The highest BCUT2D eigenvalue weighted by Crippen LogP contribution is 2.79. The summed E-state index contributed by atoms with van der Waals surface area (Å²) in [5.74, 6) is 1.52. The van der Waals surface area contributed by atoms with Crippen molar-refractivity contribution in [2.45, 2.75) is 72.5 Å². The van der Waals surface area contributed by atoms with Crippen molar-refractivity contribution in [3.63, 3.8) is 0 Å². The quantitative estimate of drug-likeness (QED) is 0.171. The molecule has 3 saturated carbocycles. The van der Waals surface area contributed by atoms with Crippen molar-refractivity contribution in [3.05, 3.63) is 270 Å². The van der Waals surface area contributed by atoms with Gasteiger partial charge in [0.25, 0.3) is 0 Å². The van der Waals surface area contributed by atoms with Gasteiger partial charge in [-0.2, -0.15) is 0 Å². The molecule has 7 unspecified atom stereocenters. The molecule has 75 heavy (non-hydrogen) atoms. The van der Waals surface area contributed by atoms with Crippen LogP contribution in [0.3, 0.4) is 0 Å². The molecular weight excluding hydrogens is 907 g/mol. The molecule has 1 heterocycles. The molecule has 6 aliphatic rings. The van der Waals surface area contributed by atoms with Crippen molar-refractivity contribution in [2.24, 2.45) is 5.92 Å². The molecule has 7 atom stereocenters. The number of furan rings is 1. The van der Waals surface area contributed by atoms with Gasteiger partial charge in [0, 0.05) is 44.1 Å². The summed E-state index contributed by atoms with van der Waals surface area (Å²) in [5.41, 5.74) is 25.1. The maximum atomic E-state index is 7.25. The highest BCUT2D eigenvalue weighted by atomic mass is 16.3. The van der Waals surface area contributed by atoms with Gasteiger partial charge >= 0.3 is 0 Å². The maximum Gasteiger partial charge on any atom is 0.136 e. The number of anilines is 3. The first kappa shape index (κ1) is 42.2. The van der Waals surface area contributed by atoms with E-state index in [4.69, 9.17) is 4.42 Å². The van der Waals surface area contributed by atoms with Gasteiger partial charge in [-0.15, -0.1) is 0 Å². The smallest absolute Gasteiger partial charge is 0.136 e. The van der Waals surface area contributed by atoms with Crippen LogP contribution >= 0.6 is 0 Å². The summed E-state index contributed by atoms with van der Waals surface area (Å²) >= 11 is 0. The normalized spacial score (nSPS) is 24.9. The lowest BCUT2D eigenvalue weighted by atomic mass is 9.32. The monoisotopic (exact) mass is 961 g/mol. The minimum absolute atomic E-state index is 0.0957. The fourth-order valence-electron chi connectivity index (χ4n) is 17.8. The van der Waals surface area contributed by atoms with E-state index in [0.717, 1.165) is 53.9 Å². The molecule has 358 valence electrons. The summed E-state index contributed by atoms with van der Waals surface area (Å²) in [6, 6.07) is 90.7. The molecule has 11 aromatic rings. The minimum Gasteiger partial charge on any atom is -0.456 e. The van der Waals surface area contributed by atoms with Crippen LogP contribution in [-0.4, -0.2) is 0 Å². The van der Waals surface area contributed by atoms with Gasteiger partial charge in [0.1, 0.15) is 11.2 Å². The lowest BCUT2D eigenvalue weighted by Gasteiger charge is -2.70. The van der Waals surface area contributed by atoms with E-state index < -0.39 is 0 Å². The van der Waals surface area contributed by atoms with Gasteiger partial charge in [-0.05, 0) is 195 Å². The Morgan fingerprint density at radius 3 is 1.41 bits per heavy atom. The Balaban J connectivity index is 0.917. The number of rotatable bonds is 5. The van der Waals surface area contributed by atoms with Crippen molar-refractivity contribution in [2.75, 3.05) is 4.90 Å². The first-order valence-corrected chi connectivity index (χ1v) is 27.6. The molecule has 17 rings (SSSR count). The van der Waals surface area contributed by atoms with E-state index in [0.29, 0.717) is 23.7 Å². The summed E-state index contributed by atoms with van der Waals surface area (Å²) < 4.78 is 7.25. The molecule has 0 radical (unpaired) electrons. The zero-order valence-electron chi connectivity index (χ0n) is 41.9. The van der Waals surface area contributed by atoms with E-state index in [-0.39, 0.29) is 16.2 Å². The second-order valence-electron chi connectivity index (χ2n) is 23.3. The molecule has 3 fully saturated rings. The molecule has 3 spiro atoms. The summed E-state index contributed by atoms with van der Waals surface area (Å²) in [6.07, 6.45) is 6.90. The van der Waals surface area contributed by atoms with Crippen LogP contribution in [0.2, 0.25) is 0 Å². The summed E-state index contributed by atoms with van der Waals surface area (Å²) in [7, 11) is 0. The first-order valence-electron chi connectivity index (χ1n) is 27.6. The van der Waals surface area contributed by atoms with Crippen molar-refractivity contribution in [3.8, 4) is 44.5 Å². The van der Waals surface area contributed by atoms with E-state index in [1.54, 1.807) is 22.3 Å². The minimum atomic E-state index is -0.178. The number of para-hydroxylation sites is 1. The fraction of sp³-hybridized carbons (Fsp3) is 0.178. The summed E-state index contributed by atoms with van der Waals surface area (Å²) in [5, 5.41) is 2.74. The number of hydrogen-bond acceptors (Lipinski definition) is 2. The standard InChI is InChI=1S/C73H55NO/c1-3-17-46(18-4-1)48-19-15-22-55(37-48)74(53-20-5-2-6-21-53)54-35-33-47(34-36-54)49-38-65-69-67(39-49)75-66-32-16-29-58(68(66)69)52-44-72-41-50(56-23-7-9-25-59(56)62-28-12-14-31-64(62)72)40-71-42-51(43-73(65,45-52)70(71)72)57-24-8-10-26-60(57)61-27-11-13-30-63(61)71/h1-39,50-52,70H,40-45H2. The highest BCUT2D eigenvalue weighted by molar-refractivity contribution is 6.11. The number of fused-ring (bicyclic) bond motifs is 12. The van der Waals surface area contributed by atoms with E-state index in [9.17, 15) is 0 Å². The Morgan fingerprint density at radius 2 is 0.773 bits per heavy atom. The van der Waals surface area contributed by atoms with Crippen molar-refractivity contribution in [1.29, 1.82) is 0 Å². The van der Waals surface area contributed by atoms with Crippen molar-refractivity contribution in [1.82, 2.24) is 0 Å². The van der Waals surface area contributed by atoms with Crippen LogP contribution in [-0.2, 0) is 16.2 Å². The van der Waals surface area contributed by atoms with Crippen LogP contribution < -0.4 is 4.90 Å². The topological polar surface area (TPSA) is 16.4 Å². The van der Waals surface area contributed by atoms with E-state index >= 15 is 0 Å². The Hall–Kier alpha value is -8.20. The zero-order chi connectivity index (χ0) is 49.0. The molecular formula is C73H55NO. The van der Waals surface area contributed by atoms with Crippen LogP contribution in [0.25, 0.3) is 66.4 Å². The Morgan fingerprint density at radius 1 is 0.307 bits per heavy atom. The van der Waals surface area contributed by atoms with Crippen LogP contribution in [0.5, 0.6) is 0 Å². The molecule has 0 amide bonds. The SMILES string of the molecule is c1ccc(-c2cccc(N(c3ccccc3)c3ccc(-c4cc5c6c(c4)oc4cccc(c46)C4CC67CC(CC89CC(CC5(C4)C86)c4ccccc4-c4ccccc49)c4ccccc4-c4ccccc47)cc3)c2)cc1. The van der Waals surface area contributed by atoms with Crippen LogP contribution in [0.15, 0.2) is 241 Å². The molecule has 0 aliphatic heterocycles. The third-order valence-corrected chi connectivity index (χ3v) is 19.9. The van der Waals surface area contributed by atoms with Gasteiger partial charge in [-0.3, -0.25) is 0 Å². The summed E-state index contributed by atoms with van der Waals surface area (Å²) in [6.45, 7) is 0. The molecule has 6 aliphatic carbocycles. The predicted octanol–water partition coefficient (Wildman–Crippen LogP) is 19.1. The van der Waals surface area contributed by atoms with Gasteiger partial charge < -0.3 is 9.32 Å². The van der Waals surface area contributed by atoms with Gasteiger partial charge in [-0.25, -0.2) is 0 Å². The number of nitrogens with zero attached hydrogens (tertiary/aromatic N) is 1. The van der Waals surface area contributed by atoms with E-state index in [2.05, 4.69) is 241 Å². The second-order valence-corrected chi connectivity index (χ2v) is 23.3. The predicted molar refractivity (Wildman–Crippen MR) is 307 cm³/mol. The van der Waals surface area contributed by atoms with E-state index in [1.165, 1.54) is 79.2 Å². The lowest BCUT2D eigenvalue weighted by molar-refractivity contribution is -0.0786. The molecule has 6 bridgehead atoms. The van der Waals surface area contributed by atoms with Crippen LogP contribution in [0.4, 0.5) is 17.1 Å². The molecule has 2 nitrogen and oxygen atoms in total. The average Bonchev–Trinajstić information content (AvgIpc) is 3.93. The number of hydrogen-bond donors (Lipinski definition) is 0. The Kier molecular flexibility index (Phi) is 8.68. The molecule has 2 heteroatoms. The fourth-order valence-corrected chi connectivity index (χ4v) is 17.8. The van der Waals surface area contributed by atoms with Gasteiger partial charge in [0.2, 0.25) is 0 Å². The van der Waals surface area contributed by atoms with Crippen molar-refractivity contribution < 1.29 is 4.42 Å². The van der Waals surface area contributed by atoms with Crippen molar-refractivity contribution >= 4 is 39.0 Å². The first-order chi connectivity index (χ1) is 37.1. The molecule has 0 N–H and O–H groups in total. The zero-order valence-corrected chi connectivity index (χ0v) is 41.9. The van der Waals surface area contributed by atoms with Gasteiger partial charge in [0.05, 0.1) is 0 Å². The van der Waals surface area contributed by atoms with Gasteiger partial charge in [-0.1, -0.05) is 182 Å². The Labute approximate surface area is 439 Å². The van der Waals surface area contributed by atoms with E-state index in [1.807, 2.05) is 0 Å². The third kappa shape index (κ3) is 5.75. The lowest BCUT2D eigenvalue weighted by Crippen LogP contribution is -2.67. The largest absolute Gasteiger partial charge is 0.456 e. The molecule has 1 aromatic heterocycles. The average molecular weight is 962 g/mol. The second kappa shape index (κ2) is 15.4. The molecule has 0 saturated heterocycles. The maximum absolute atomic E-state index is 7.25. The third-order valence-electron chi connectivity index (χ3n) is 19.9. The Bertz CT molecular complexity index is 4130. The summed E-state index contributed by atoms with van der Waals surface area (Å²) in [4.78, 5) is 2.40. The molecule has 10 aromatic carbocycles. The van der Waals surface area contributed by atoms with Crippen LogP contribution in [0, 0.1) is 5.92 Å². The van der Waals surface area contributed by atoms with Crippen LogP contribution in [0.1, 0.15) is 89.7 Å². The van der Waals surface area contributed by atoms with Gasteiger partial charge in [0.15, 0.2) is 0 Å². The number of benzene rings is 10.